The number of carbonyl (C=O) groups excluding carboxylic acids is 1. The van der Waals surface area contributed by atoms with E-state index in [0.717, 1.165) is 5.75 Å². The van der Waals surface area contributed by atoms with Crippen LogP contribution in [-0.2, 0) is 4.79 Å². The average molecular weight is 194 g/mol. The van der Waals surface area contributed by atoms with Crippen molar-refractivity contribution in [3.05, 3.63) is 30.3 Å². The Morgan fingerprint density at radius 1 is 1.36 bits per heavy atom. The van der Waals surface area contributed by atoms with E-state index in [2.05, 4.69) is 0 Å². The van der Waals surface area contributed by atoms with Crippen LogP contribution in [0.3, 0.4) is 0 Å². The zero-order valence-electron chi connectivity index (χ0n) is 7.93. The van der Waals surface area contributed by atoms with Crippen molar-refractivity contribution in [1.82, 2.24) is 0 Å². The maximum absolute atomic E-state index is 10.0. The molecule has 1 rings (SSSR count). The maximum atomic E-state index is 10.0. The van der Waals surface area contributed by atoms with Crippen LogP contribution in [0.2, 0.25) is 0 Å². The fourth-order valence-electron chi connectivity index (χ4n) is 1.06. The summed E-state index contributed by atoms with van der Waals surface area (Å²) in [5.41, 5.74) is 0. The Hall–Kier alpha value is -1.35. The van der Waals surface area contributed by atoms with Gasteiger partial charge in [-0.1, -0.05) is 18.2 Å². The molecule has 0 aliphatic rings. The zero-order chi connectivity index (χ0) is 10.2. The molecule has 0 saturated heterocycles. The number of hydrogen-bond acceptors (Lipinski definition) is 3. The van der Waals surface area contributed by atoms with Crippen LogP contribution in [0.25, 0.3) is 0 Å². The standard InChI is InChI=1S/C11H14O3/c12-8-6-10(13)7-9-14-11-4-2-1-3-5-11/h1-5,8,10,13H,6-7,9H2. The molecule has 76 valence electrons. The predicted octanol–water partition coefficient (Wildman–Crippen LogP) is 1.41. The number of ether oxygens (including phenoxy) is 1. The van der Waals surface area contributed by atoms with Gasteiger partial charge in [-0.2, -0.15) is 0 Å². The normalized spacial score (nSPS) is 12.1. The molecule has 0 heterocycles. The molecule has 0 saturated carbocycles. The largest absolute Gasteiger partial charge is 0.493 e. The van der Waals surface area contributed by atoms with Crippen LogP contribution in [0.4, 0.5) is 0 Å². The molecular weight excluding hydrogens is 180 g/mol. The minimum absolute atomic E-state index is 0.179. The molecule has 0 aliphatic heterocycles. The molecule has 0 spiro atoms. The Bertz CT molecular complexity index is 258. The first kappa shape index (κ1) is 10.7. The summed E-state index contributed by atoms with van der Waals surface area (Å²) in [4.78, 5) is 10.0. The van der Waals surface area contributed by atoms with E-state index in [1.807, 2.05) is 30.3 Å². The molecule has 1 unspecified atom stereocenters. The lowest BCUT2D eigenvalue weighted by Crippen LogP contribution is -2.12. The molecule has 0 fully saturated rings. The number of benzene rings is 1. The minimum atomic E-state index is -0.587. The molecule has 1 N–H and O–H groups in total. The van der Waals surface area contributed by atoms with Gasteiger partial charge in [-0.25, -0.2) is 0 Å². The lowest BCUT2D eigenvalue weighted by atomic mass is 10.2. The molecule has 0 amide bonds. The highest BCUT2D eigenvalue weighted by Crippen LogP contribution is 2.09. The molecular formula is C11H14O3. The van der Waals surface area contributed by atoms with Crippen LogP contribution in [-0.4, -0.2) is 24.1 Å². The molecule has 0 aliphatic carbocycles. The lowest BCUT2D eigenvalue weighted by molar-refractivity contribution is -0.109. The van der Waals surface area contributed by atoms with Crippen molar-refractivity contribution >= 4 is 6.29 Å². The third kappa shape index (κ3) is 4.05. The molecule has 1 atom stereocenters. The van der Waals surface area contributed by atoms with E-state index in [1.54, 1.807) is 0 Å². The summed E-state index contributed by atoms with van der Waals surface area (Å²) in [6.45, 7) is 0.430. The quantitative estimate of drug-likeness (QED) is 0.696. The monoisotopic (exact) mass is 194 g/mol. The number of hydrogen-bond donors (Lipinski definition) is 1. The third-order valence-electron chi connectivity index (χ3n) is 1.83. The van der Waals surface area contributed by atoms with Crippen LogP contribution in [0.5, 0.6) is 5.75 Å². The minimum Gasteiger partial charge on any atom is -0.493 e. The average Bonchev–Trinajstić information content (AvgIpc) is 2.20. The van der Waals surface area contributed by atoms with Gasteiger partial charge in [0.05, 0.1) is 12.7 Å². The Labute approximate surface area is 83.3 Å². The Kier molecular flexibility index (Phi) is 4.72. The van der Waals surface area contributed by atoms with Crippen LogP contribution >= 0.6 is 0 Å². The van der Waals surface area contributed by atoms with Gasteiger partial charge in [-0.3, -0.25) is 0 Å². The van der Waals surface area contributed by atoms with E-state index in [0.29, 0.717) is 19.3 Å². The topological polar surface area (TPSA) is 46.5 Å². The van der Waals surface area contributed by atoms with Gasteiger partial charge in [0.25, 0.3) is 0 Å². The number of para-hydroxylation sites is 1. The second-order valence-corrected chi connectivity index (χ2v) is 3.01. The van der Waals surface area contributed by atoms with E-state index < -0.39 is 6.10 Å². The smallest absolute Gasteiger partial charge is 0.122 e. The molecule has 3 heteroatoms. The highest BCUT2D eigenvalue weighted by molar-refractivity contribution is 5.49. The highest BCUT2D eigenvalue weighted by atomic mass is 16.5. The summed E-state index contributed by atoms with van der Waals surface area (Å²) in [7, 11) is 0. The number of aliphatic hydroxyl groups excluding tert-OH is 1. The summed E-state index contributed by atoms with van der Waals surface area (Å²) >= 11 is 0. The van der Waals surface area contributed by atoms with Gasteiger partial charge >= 0.3 is 0 Å². The molecule has 3 nitrogen and oxygen atoms in total. The molecule has 1 aromatic carbocycles. The van der Waals surface area contributed by atoms with Crippen molar-refractivity contribution in [2.24, 2.45) is 0 Å². The Morgan fingerprint density at radius 3 is 2.71 bits per heavy atom. The summed E-state index contributed by atoms with van der Waals surface area (Å²) in [6, 6.07) is 9.39. The number of rotatable bonds is 6. The van der Waals surface area contributed by atoms with Crippen LogP contribution in [0, 0.1) is 0 Å². The first-order valence-corrected chi connectivity index (χ1v) is 4.62. The van der Waals surface area contributed by atoms with Crippen molar-refractivity contribution in [2.75, 3.05) is 6.61 Å². The predicted molar refractivity (Wildman–Crippen MR) is 53.2 cm³/mol. The van der Waals surface area contributed by atoms with E-state index >= 15 is 0 Å². The van der Waals surface area contributed by atoms with Gasteiger partial charge in [-0.05, 0) is 12.1 Å². The van der Waals surface area contributed by atoms with Gasteiger partial charge < -0.3 is 14.6 Å². The van der Waals surface area contributed by atoms with Crippen molar-refractivity contribution in [3.8, 4) is 5.75 Å². The second kappa shape index (κ2) is 6.16. The SMILES string of the molecule is O=CCC(O)CCOc1ccccc1. The first-order valence-electron chi connectivity index (χ1n) is 4.62. The second-order valence-electron chi connectivity index (χ2n) is 3.01. The van der Waals surface area contributed by atoms with Gasteiger partial charge in [0, 0.05) is 12.8 Å². The summed E-state index contributed by atoms with van der Waals surface area (Å²) in [5.74, 6) is 0.783. The van der Waals surface area contributed by atoms with E-state index in [1.165, 1.54) is 0 Å². The summed E-state index contributed by atoms with van der Waals surface area (Å²) < 4.78 is 5.35. The molecule has 0 bridgehead atoms. The van der Waals surface area contributed by atoms with Crippen molar-refractivity contribution < 1.29 is 14.6 Å². The van der Waals surface area contributed by atoms with Gasteiger partial charge in [0.2, 0.25) is 0 Å². The van der Waals surface area contributed by atoms with Gasteiger partial charge in [0.15, 0.2) is 0 Å². The van der Waals surface area contributed by atoms with Crippen LogP contribution in [0.15, 0.2) is 30.3 Å². The van der Waals surface area contributed by atoms with E-state index in [4.69, 9.17) is 4.74 Å². The first-order chi connectivity index (χ1) is 6.83. The van der Waals surface area contributed by atoms with Crippen LogP contribution < -0.4 is 4.74 Å². The zero-order valence-corrected chi connectivity index (χ0v) is 7.93. The molecule has 0 radical (unpaired) electrons. The van der Waals surface area contributed by atoms with E-state index in [-0.39, 0.29) is 6.42 Å². The highest BCUT2D eigenvalue weighted by Gasteiger charge is 2.02. The van der Waals surface area contributed by atoms with Crippen molar-refractivity contribution in [1.29, 1.82) is 0 Å². The third-order valence-corrected chi connectivity index (χ3v) is 1.83. The van der Waals surface area contributed by atoms with Crippen LogP contribution in [0.1, 0.15) is 12.8 Å². The van der Waals surface area contributed by atoms with Crippen molar-refractivity contribution in [3.63, 3.8) is 0 Å². The Morgan fingerprint density at radius 2 is 2.07 bits per heavy atom. The summed E-state index contributed by atoms with van der Waals surface area (Å²) in [6.07, 6.45) is 0.787. The van der Waals surface area contributed by atoms with Crippen molar-refractivity contribution in [2.45, 2.75) is 18.9 Å². The fourth-order valence-corrected chi connectivity index (χ4v) is 1.06. The molecule has 1 aromatic rings. The molecule has 14 heavy (non-hydrogen) atoms. The lowest BCUT2D eigenvalue weighted by Gasteiger charge is -2.08. The van der Waals surface area contributed by atoms with Gasteiger partial charge in [0.1, 0.15) is 12.0 Å². The fraction of sp³-hybridized carbons (Fsp3) is 0.364. The Balaban J connectivity index is 2.18. The van der Waals surface area contributed by atoms with E-state index in [9.17, 15) is 9.90 Å². The molecule has 0 aromatic heterocycles. The number of aliphatic hydroxyl groups is 1. The van der Waals surface area contributed by atoms with Gasteiger partial charge in [-0.15, -0.1) is 0 Å². The number of carbonyl (C=O) groups is 1. The summed E-state index contributed by atoms with van der Waals surface area (Å²) in [5, 5.41) is 9.22. The maximum Gasteiger partial charge on any atom is 0.122 e. The number of aldehydes is 1.